The number of aliphatic hydroxyl groups excluding tert-OH is 1. The summed E-state index contributed by atoms with van der Waals surface area (Å²) in [5.74, 6) is 0.234. The Morgan fingerprint density at radius 2 is 1.67 bits per heavy atom. The fourth-order valence-electron chi connectivity index (χ4n) is 5.18. The molecule has 1 unspecified atom stereocenters. The quantitative estimate of drug-likeness (QED) is 0.657. The fraction of sp³-hybridized carbons (Fsp3) is 0.692. The Kier molecular flexibility index (Phi) is 10.9. The van der Waals surface area contributed by atoms with E-state index in [0.717, 1.165) is 11.4 Å². The molecule has 33 heavy (non-hydrogen) atoms. The molecule has 2 aliphatic rings. The standard InChI is InChI=1S/C25H37ClN2O3.CH4.H2O/c1-16(2)22(27-23(30)18-7-11-20(29)12-8-18)24(31)28-14-13-21(25(3,4)15-28)17-5-9-19(26)10-6-17;;/h5-6,9-10,16,18,20-22,29H,7-8,11-15H2,1-4H3,(H,27,30);1H4;1H2/t18?,20?,21?,22-;;/m1../s1. The van der Waals surface area contributed by atoms with Crippen LogP contribution in [0.1, 0.15) is 78.7 Å². The minimum absolute atomic E-state index is 0. The first-order chi connectivity index (χ1) is 14.6. The van der Waals surface area contributed by atoms with Crippen LogP contribution in [-0.4, -0.2) is 52.5 Å². The van der Waals surface area contributed by atoms with Crippen LogP contribution in [0.3, 0.4) is 0 Å². The van der Waals surface area contributed by atoms with Gasteiger partial charge < -0.3 is 20.8 Å². The lowest BCUT2D eigenvalue weighted by Crippen LogP contribution is -2.56. The van der Waals surface area contributed by atoms with Crippen LogP contribution < -0.4 is 5.32 Å². The zero-order valence-corrected chi connectivity index (χ0v) is 20.5. The molecule has 3 rings (SSSR count). The molecule has 0 spiro atoms. The Balaban J connectivity index is 0.00000272. The van der Waals surface area contributed by atoms with E-state index in [1.54, 1.807) is 0 Å². The number of likely N-dealkylation sites (tertiary alicyclic amines) is 1. The molecule has 1 saturated carbocycles. The number of halogens is 1. The van der Waals surface area contributed by atoms with Gasteiger partial charge in [-0.2, -0.15) is 0 Å². The molecular weight excluding hydrogens is 440 g/mol. The summed E-state index contributed by atoms with van der Waals surface area (Å²) in [5.41, 5.74) is 1.18. The number of amides is 2. The normalized spacial score (nSPS) is 25.4. The monoisotopic (exact) mass is 482 g/mol. The highest BCUT2D eigenvalue weighted by Gasteiger charge is 2.41. The van der Waals surface area contributed by atoms with E-state index in [-0.39, 0.29) is 48.1 Å². The third-order valence-corrected chi connectivity index (χ3v) is 7.36. The van der Waals surface area contributed by atoms with E-state index in [9.17, 15) is 14.7 Å². The Morgan fingerprint density at radius 3 is 2.18 bits per heavy atom. The van der Waals surface area contributed by atoms with E-state index < -0.39 is 6.04 Å². The Hall–Kier alpha value is -1.63. The number of benzene rings is 1. The van der Waals surface area contributed by atoms with Gasteiger partial charge in [-0.25, -0.2) is 0 Å². The summed E-state index contributed by atoms with van der Waals surface area (Å²) in [4.78, 5) is 28.2. The highest BCUT2D eigenvalue weighted by atomic mass is 35.5. The van der Waals surface area contributed by atoms with Crippen LogP contribution >= 0.6 is 11.6 Å². The second-order valence-electron chi connectivity index (χ2n) is 10.4. The molecule has 4 N–H and O–H groups in total. The van der Waals surface area contributed by atoms with Crippen LogP contribution in [0, 0.1) is 17.3 Å². The van der Waals surface area contributed by atoms with E-state index in [2.05, 4.69) is 31.3 Å². The van der Waals surface area contributed by atoms with Crippen molar-refractivity contribution >= 4 is 23.4 Å². The van der Waals surface area contributed by atoms with Crippen LogP contribution in [0.5, 0.6) is 0 Å². The van der Waals surface area contributed by atoms with Crippen LogP contribution in [0.4, 0.5) is 0 Å². The summed E-state index contributed by atoms with van der Waals surface area (Å²) in [7, 11) is 0. The number of hydrogen-bond donors (Lipinski definition) is 2. The van der Waals surface area contributed by atoms with Gasteiger partial charge in [0, 0.05) is 24.0 Å². The van der Waals surface area contributed by atoms with Crippen LogP contribution in [0.15, 0.2) is 24.3 Å². The molecule has 1 aliphatic carbocycles. The molecule has 1 saturated heterocycles. The lowest BCUT2D eigenvalue weighted by atomic mass is 9.70. The van der Waals surface area contributed by atoms with Gasteiger partial charge in [0.25, 0.3) is 0 Å². The number of aliphatic hydroxyl groups is 1. The van der Waals surface area contributed by atoms with E-state index in [1.165, 1.54) is 5.56 Å². The van der Waals surface area contributed by atoms with Gasteiger partial charge in [-0.1, -0.05) is 58.9 Å². The average Bonchev–Trinajstić information content (AvgIpc) is 2.72. The maximum absolute atomic E-state index is 13.4. The lowest BCUT2D eigenvalue weighted by molar-refractivity contribution is -0.142. The average molecular weight is 483 g/mol. The predicted octanol–water partition coefficient (Wildman–Crippen LogP) is 4.19. The van der Waals surface area contributed by atoms with Crippen LogP contribution in [0.25, 0.3) is 0 Å². The van der Waals surface area contributed by atoms with Gasteiger partial charge in [-0.05, 0) is 67.1 Å². The fourth-order valence-corrected chi connectivity index (χ4v) is 5.30. The minimum Gasteiger partial charge on any atom is -0.412 e. The third-order valence-electron chi connectivity index (χ3n) is 7.11. The SMILES string of the molecule is C.CC(C)[C@@H](NC(=O)C1CCC(O)CC1)C(=O)N1CCC(c2ccc(Cl)cc2)C(C)(C)C1.O. The second-order valence-corrected chi connectivity index (χ2v) is 10.8. The second kappa shape index (κ2) is 12.2. The summed E-state index contributed by atoms with van der Waals surface area (Å²) >= 11 is 6.06. The van der Waals surface area contributed by atoms with Crippen molar-refractivity contribution in [1.82, 2.24) is 10.2 Å². The molecule has 0 radical (unpaired) electrons. The molecule has 1 aliphatic heterocycles. The van der Waals surface area contributed by atoms with Crippen molar-refractivity contribution in [2.45, 2.75) is 85.3 Å². The highest BCUT2D eigenvalue weighted by Crippen LogP contribution is 2.42. The number of nitrogens with one attached hydrogen (secondary N) is 1. The van der Waals surface area contributed by atoms with Gasteiger partial charge in [0.05, 0.1) is 6.10 Å². The third kappa shape index (κ3) is 7.17. The lowest BCUT2D eigenvalue weighted by Gasteiger charge is -2.46. The van der Waals surface area contributed by atoms with Crippen molar-refractivity contribution in [2.75, 3.05) is 13.1 Å². The van der Waals surface area contributed by atoms with Crippen molar-refractivity contribution in [1.29, 1.82) is 0 Å². The molecule has 2 fully saturated rings. The number of piperidine rings is 1. The first-order valence-corrected chi connectivity index (χ1v) is 12.0. The Labute approximate surface area is 204 Å². The first kappa shape index (κ1) is 29.4. The summed E-state index contributed by atoms with van der Waals surface area (Å²) in [6.45, 7) is 9.74. The topological polar surface area (TPSA) is 101 Å². The van der Waals surface area contributed by atoms with Crippen molar-refractivity contribution in [3.63, 3.8) is 0 Å². The Bertz CT molecular complexity index is 773. The number of carbonyl (C=O) groups excluding carboxylic acids is 2. The maximum atomic E-state index is 13.4. The molecule has 1 heterocycles. The number of rotatable bonds is 5. The molecule has 1 aromatic carbocycles. The van der Waals surface area contributed by atoms with Gasteiger partial charge in [0.15, 0.2) is 0 Å². The van der Waals surface area contributed by atoms with E-state index >= 15 is 0 Å². The predicted molar refractivity (Wildman–Crippen MR) is 134 cm³/mol. The largest absolute Gasteiger partial charge is 0.412 e. The van der Waals surface area contributed by atoms with Crippen molar-refractivity contribution in [3.8, 4) is 0 Å². The molecule has 0 bridgehead atoms. The number of nitrogens with zero attached hydrogens (tertiary/aromatic N) is 1. The summed E-state index contributed by atoms with van der Waals surface area (Å²) in [5, 5.41) is 13.5. The van der Waals surface area contributed by atoms with Gasteiger partial charge in [-0.15, -0.1) is 0 Å². The summed E-state index contributed by atoms with van der Waals surface area (Å²) in [6, 6.07) is 7.52. The minimum atomic E-state index is -0.512. The highest BCUT2D eigenvalue weighted by molar-refractivity contribution is 6.30. The van der Waals surface area contributed by atoms with E-state index in [0.29, 0.717) is 44.7 Å². The first-order valence-electron chi connectivity index (χ1n) is 11.6. The van der Waals surface area contributed by atoms with Crippen molar-refractivity contribution < 1.29 is 20.2 Å². The van der Waals surface area contributed by atoms with Crippen LogP contribution in [-0.2, 0) is 9.59 Å². The molecule has 188 valence electrons. The van der Waals surface area contributed by atoms with Gasteiger partial charge >= 0.3 is 0 Å². The molecule has 2 atom stereocenters. The molecule has 6 nitrogen and oxygen atoms in total. The van der Waals surface area contributed by atoms with Gasteiger partial charge in [-0.3, -0.25) is 9.59 Å². The van der Waals surface area contributed by atoms with Crippen molar-refractivity contribution in [3.05, 3.63) is 34.9 Å². The van der Waals surface area contributed by atoms with E-state index in [1.807, 2.05) is 30.9 Å². The number of carbonyl (C=O) groups is 2. The molecule has 2 amide bonds. The van der Waals surface area contributed by atoms with Gasteiger partial charge in [0.2, 0.25) is 11.8 Å². The Morgan fingerprint density at radius 1 is 1.09 bits per heavy atom. The molecule has 7 heteroatoms. The van der Waals surface area contributed by atoms with E-state index in [4.69, 9.17) is 11.6 Å². The maximum Gasteiger partial charge on any atom is 0.245 e. The molecule has 0 aromatic heterocycles. The summed E-state index contributed by atoms with van der Waals surface area (Å²) in [6.07, 6.45) is 3.28. The van der Waals surface area contributed by atoms with Gasteiger partial charge in [0.1, 0.15) is 6.04 Å². The smallest absolute Gasteiger partial charge is 0.245 e. The summed E-state index contributed by atoms with van der Waals surface area (Å²) < 4.78 is 0. The zero-order chi connectivity index (χ0) is 22.8. The molecule has 1 aromatic rings. The number of hydrogen-bond acceptors (Lipinski definition) is 3. The van der Waals surface area contributed by atoms with Crippen molar-refractivity contribution in [2.24, 2.45) is 17.3 Å². The molecular formula is C26H43ClN2O4. The zero-order valence-electron chi connectivity index (χ0n) is 19.7. The van der Waals surface area contributed by atoms with Crippen LogP contribution in [0.2, 0.25) is 5.02 Å².